The molecule has 0 nitrogen and oxygen atoms in total. The van der Waals surface area contributed by atoms with Gasteiger partial charge >= 0.3 is 82.7 Å². The van der Waals surface area contributed by atoms with Crippen molar-refractivity contribution in [3.05, 3.63) is 0 Å². The quantitative estimate of drug-likeness (QED) is 0.326. The predicted octanol–water partition coefficient (Wildman–Crippen LogP) is 1.09. The van der Waals surface area contributed by atoms with Gasteiger partial charge in [0.2, 0.25) is 0 Å². The zero-order valence-corrected chi connectivity index (χ0v) is 14.3. The van der Waals surface area contributed by atoms with E-state index in [-0.39, 0.29) is 8.81 Å². The summed E-state index contributed by atoms with van der Waals surface area (Å²) < 4.78 is 0. The Kier molecular flexibility index (Phi) is 34.9. The molecule has 0 amide bonds. The Morgan fingerprint density at radius 2 is 1.20 bits per heavy atom. The van der Waals surface area contributed by atoms with Gasteiger partial charge in [0.05, 0.1) is 0 Å². The van der Waals surface area contributed by atoms with Crippen LogP contribution in [0.5, 0.6) is 0 Å². The third-order valence-corrected chi connectivity index (χ3v) is 0. The molecule has 0 aromatic carbocycles. The SMILES string of the molecule is [GeH2][I].[I][GeH][I]. The molecule has 0 aliphatic heterocycles. The molecule has 0 aliphatic carbocycles. The molecule has 0 aromatic heterocycles. The van der Waals surface area contributed by atoms with E-state index < -0.39 is 0 Å². The van der Waals surface area contributed by atoms with E-state index in [0.29, 0.717) is 0 Å². The maximum atomic E-state index is 2.43. The van der Waals surface area contributed by atoms with Crippen LogP contribution in [-0.4, -0.2) is 22.0 Å². The molecule has 0 aromatic rings. The fourth-order valence-corrected chi connectivity index (χ4v) is 0. The van der Waals surface area contributed by atoms with Gasteiger partial charge in [0.15, 0.2) is 0 Å². The third kappa shape index (κ3) is 18.9. The Balaban J connectivity index is 0. The number of hydrogen-bond acceptors (Lipinski definition) is 0. The summed E-state index contributed by atoms with van der Waals surface area (Å²) in [7, 11) is 0.252. The van der Waals surface area contributed by atoms with Crippen LogP contribution in [0, 0.1) is 0 Å². The second-order valence-corrected chi connectivity index (χ2v) is 19.3. The summed E-state index contributed by atoms with van der Waals surface area (Å²) in [6, 6.07) is 0. The third-order valence-electron chi connectivity index (χ3n) is 0. The Morgan fingerprint density at radius 3 is 1.20 bits per heavy atom. The molecule has 2 radical (unpaired) electrons. The van der Waals surface area contributed by atoms with Crippen LogP contribution >= 0.6 is 60.6 Å². The molecular formula is H3Ge2I3. The summed E-state index contributed by atoms with van der Waals surface area (Å²) in [5.74, 6) is 0. The number of halogens is 3. The molecule has 0 heterocycles. The molecule has 0 saturated heterocycles. The fourth-order valence-electron chi connectivity index (χ4n) is 0. The van der Waals surface area contributed by atoms with E-state index in [4.69, 9.17) is 0 Å². The Morgan fingerprint density at radius 1 is 1.20 bits per heavy atom. The van der Waals surface area contributed by atoms with Crippen molar-refractivity contribution in [3.8, 4) is 0 Å². The monoisotopic (exact) mass is 532 g/mol. The predicted molar refractivity (Wildman–Crippen MR) is 57.8 cm³/mol. The van der Waals surface area contributed by atoms with E-state index in [0.717, 1.165) is 0 Å². The van der Waals surface area contributed by atoms with Crippen molar-refractivity contribution in [2.24, 2.45) is 0 Å². The summed E-state index contributed by atoms with van der Waals surface area (Å²) in [6.45, 7) is 0. The van der Waals surface area contributed by atoms with Crippen LogP contribution in [0.1, 0.15) is 0 Å². The molecule has 0 rings (SSSR count). The second kappa shape index (κ2) is 15.7. The Labute approximate surface area is 80.5 Å². The second-order valence-electron chi connectivity index (χ2n) is 0.0825. The van der Waals surface area contributed by atoms with E-state index in [1.165, 1.54) is 13.2 Å². The number of rotatable bonds is 0. The minimum atomic E-state index is 0.252. The number of hydrogen-bond donors (Lipinski definition) is 0. The van der Waals surface area contributed by atoms with E-state index in [9.17, 15) is 0 Å². The van der Waals surface area contributed by atoms with E-state index >= 15 is 0 Å². The standard InChI is InChI=1S/GeHI2.GeH2I/c2-1-3;1-2/h1H;1H2. The van der Waals surface area contributed by atoms with Crippen LogP contribution in [0.15, 0.2) is 0 Å². The van der Waals surface area contributed by atoms with Crippen molar-refractivity contribution in [2.75, 3.05) is 0 Å². The van der Waals surface area contributed by atoms with Crippen LogP contribution in [-0.2, 0) is 0 Å². The molecular weight excluding hydrogens is 526 g/mol. The van der Waals surface area contributed by atoms with Gasteiger partial charge in [0.25, 0.3) is 0 Å². The Bertz CT molecular complexity index is 4.85. The van der Waals surface area contributed by atoms with Gasteiger partial charge in [-0.25, -0.2) is 0 Å². The van der Waals surface area contributed by atoms with Gasteiger partial charge in [-0.05, 0) is 0 Å². The normalized spacial score (nSPS) is 4.80. The van der Waals surface area contributed by atoms with Gasteiger partial charge in [0.1, 0.15) is 0 Å². The van der Waals surface area contributed by atoms with E-state index in [1.807, 2.05) is 0 Å². The van der Waals surface area contributed by atoms with Gasteiger partial charge in [-0.1, -0.05) is 0 Å². The summed E-state index contributed by atoms with van der Waals surface area (Å²) in [5, 5.41) is 0. The maximum absolute atomic E-state index is 2.43. The van der Waals surface area contributed by atoms with E-state index in [1.54, 1.807) is 0 Å². The van der Waals surface area contributed by atoms with Crippen molar-refractivity contribution in [1.82, 2.24) is 0 Å². The summed E-state index contributed by atoms with van der Waals surface area (Å²) in [6.07, 6.45) is 0. The van der Waals surface area contributed by atoms with Crippen LogP contribution < -0.4 is 0 Å². The molecule has 0 spiro atoms. The topological polar surface area (TPSA) is 0 Å². The molecule has 0 fully saturated rings. The zero-order chi connectivity index (χ0) is 4.71. The summed E-state index contributed by atoms with van der Waals surface area (Å²) in [4.78, 5) is 0. The first-order valence-electron chi connectivity index (χ1n) is 0.704. The van der Waals surface area contributed by atoms with Gasteiger partial charge in [-0.2, -0.15) is 0 Å². The van der Waals surface area contributed by atoms with Crippen LogP contribution in [0.3, 0.4) is 0 Å². The van der Waals surface area contributed by atoms with Crippen LogP contribution in [0.4, 0.5) is 0 Å². The van der Waals surface area contributed by atoms with Crippen molar-refractivity contribution in [1.29, 1.82) is 0 Å². The van der Waals surface area contributed by atoms with Crippen LogP contribution in [0.2, 0.25) is 0 Å². The average Bonchev–Trinajstić information content (AvgIpc) is 1.46. The molecule has 0 atom stereocenters. The first kappa shape index (κ1) is 11.1. The first-order valence-corrected chi connectivity index (χ1v) is 24.5. The van der Waals surface area contributed by atoms with Crippen molar-refractivity contribution < 1.29 is 0 Å². The Hall–Kier alpha value is 3.28. The summed E-state index contributed by atoms with van der Waals surface area (Å²) >= 11 is 8.48. The zero-order valence-electron chi connectivity index (χ0n) is 2.42. The summed E-state index contributed by atoms with van der Waals surface area (Å²) in [5.41, 5.74) is 0. The van der Waals surface area contributed by atoms with Crippen LogP contribution in [0.25, 0.3) is 0 Å². The molecule has 5 heteroatoms. The molecule has 0 N–H and O–H groups in total. The molecule has 5 heavy (non-hydrogen) atoms. The molecule has 0 aliphatic rings. The molecule has 0 bridgehead atoms. The van der Waals surface area contributed by atoms with Gasteiger partial charge < -0.3 is 0 Å². The van der Waals surface area contributed by atoms with Crippen molar-refractivity contribution >= 4 is 82.7 Å². The minimum absolute atomic E-state index is 0.252. The van der Waals surface area contributed by atoms with Gasteiger partial charge in [-0.15, -0.1) is 0 Å². The first-order chi connectivity index (χ1) is 2.41. The van der Waals surface area contributed by atoms with Gasteiger partial charge in [-0.3, -0.25) is 0 Å². The van der Waals surface area contributed by atoms with Crippen molar-refractivity contribution in [3.63, 3.8) is 0 Å². The van der Waals surface area contributed by atoms with Crippen molar-refractivity contribution in [2.45, 2.75) is 0 Å². The molecule has 32 valence electrons. The van der Waals surface area contributed by atoms with Gasteiger partial charge in [0, 0.05) is 0 Å². The fraction of sp³-hybridized carbons (Fsp3) is 0. The molecule has 0 saturated carbocycles. The molecule has 0 unspecified atom stereocenters. The average molecular weight is 529 g/mol. The van der Waals surface area contributed by atoms with E-state index in [2.05, 4.69) is 60.6 Å².